The maximum Gasteiger partial charge on any atom is 0.261 e. The molecule has 0 aliphatic heterocycles. The fourth-order valence-corrected chi connectivity index (χ4v) is 3.04. The minimum Gasteiger partial charge on any atom is -0.484 e. The summed E-state index contributed by atoms with van der Waals surface area (Å²) in [6.45, 7) is 7.14. The molecule has 0 unspecified atom stereocenters. The molecule has 0 aromatic heterocycles. The Balaban J connectivity index is 2.18. The fourth-order valence-electron chi connectivity index (χ4n) is 2.79. The Bertz CT molecular complexity index is 891. The highest BCUT2D eigenvalue weighted by molar-refractivity contribution is 9.10. The van der Waals surface area contributed by atoms with Gasteiger partial charge in [-0.15, -0.1) is 0 Å². The summed E-state index contributed by atoms with van der Waals surface area (Å²) in [6, 6.07) is 10.8. The summed E-state index contributed by atoms with van der Waals surface area (Å²) in [7, 11) is 0. The zero-order valence-corrected chi connectivity index (χ0v) is 19.3. The topological polar surface area (TPSA) is 58.6 Å². The van der Waals surface area contributed by atoms with Gasteiger partial charge in [0.15, 0.2) is 6.61 Å². The van der Waals surface area contributed by atoms with Gasteiger partial charge in [0.2, 0.25) is 5.91 Å². The Morgan fingerprint density at radius 3 is 2.53 bits per heavy atom. The fraction of sp³-hybridized carbons (Fsp3) is 0.391. The minimum atomic E-state index is -0.777. The lowest BCUT2D eigenvalue weighted by Gasteiger charge is -2.29. The number of nitrogens with zero attached hydrogens (tertiary/aromatic N) is 1. The Kier molecular flexibility index (Phi) is 8.84. The number of rotatable bonds is 9. The van der Waals surface area contributed by atoms with Crippen molar-refractivity contribution in [3.63, 3.8) is 0 Å². The average molecular weight is 479 g/mol. The predicted molar refractivity (Wildman–Crippen MR) is 119 cm³/mol. The van der Waals surface area contributed by atoms with E-state index in [1.54, 1.807) is 31.2 Å². The van der Waals surface area contributed by atoms with Crippen LogP contribution in [0.2, 0.25) is 0 Å². The van der Waals surface area contributed by atoms with Gasteiger partial charge in [0, 0.05) is 22.6 Å². The standard InChI is InChI=1S/C23H28BrFN2O3/c1-5-16(3)26-23(29)17(4)27(13-18-8-6-7-9-21(18)25)22(28)14-30-19-10-11-20(24)15(2)12-19/h6-12,16-17H,5,13-14H2,1-4H3,(H,26,29)/t16-,17+/m0/s1. The third kappa shape index (κ3) is 6.55. The predicted octanol–water partition coefficient (Wildman–Crippen LogP) is 4.61. The van der Waals surface area contributed by atoms with Gasteiger partial charge < -0.3 is 15.0 Å². The number of hydrogen-bond acceptors (Lipinski definition) is 3. The van der Waals surface area contributed by atoms with Crippen LogP contribution in [-0.2, 0) is 16.1 Å². The van der Waals surface area contributed by atoms with Crippen LogP contribution in [0.25, 0.3) is 0 Å². The first kappa shape index (κ1) is 23.9. The van der Waals surface area contributed by atoms with Crippen molar-refractivity contribution in [2.45, 2.75) is 52.7 Å². The highest BCUT2D eigenvalue weighted by Gasteiger charge is 2.27. The number of ether oxygens (including phenoxy) is 1. The molecule has 0 saturated carbocycles. The van der Waals surface area contributed by atoms with Crippen molar-refractivity contribution in [1.29, 1.82) is 0 Å². The van der Waals surface area contributed by atoms with Gasteiger partial charge in [-0.1, -0.05) is 41.1 Å². The van der Waals surface area contributed by atoms with Crippen LogP contribution in [0.5, 0.6) is 5.75 Å². The van der Waals surface area contributed by atoms with Crippen LogP contribution in [-0.4, -0.2) is 35.4 Å². The first-order chi connectivity index (χ1) is 14.2. The molecule has 0 aliphatic rings. The maximum absolute atomic E-state index is 14.2. The molecule has 0 fully saturated rings. The number of halogens is 2. The summed E-state index contributed by atoms with van der Waals surface area (Å²) in [6.07, 6.45) is 0.770. The summed E-state index contributed by atoms with van der Waals surface area (Å²) in [4.78, 5) is 27.0. The molecule has 2 amide bonds. The van der Waals surface area contributed by atoms with Crippen LogP contribution in [0.15, 0.2) is 46.9 Å². The van der Waals surface area contributed by atoms with Crippen LogP contribution >= 0.6 is 15.9 Å². The zero-order chi connectivity index (χ0) is 22.3. The van der Waals surface area contributed by atoms with E-state index in [2.05, 4.69) is 21.2 Å². The van der Waals surface area contributed by atoms with Crippen LogP contribution < -0.4 is 10.1 Å². The second-order valence-corrected chi connectivity index (χ2v) is 8.16. The van der Waals surface area contributed by atoms with E-state index in [1.165, 1.54) is 11.0 Å². The average Bonchev–Trinajstić information content (AvgIpc) is 2.73. The molecule has 0 bridgehead atoms. The number of amides is 2. The highest BCUT2D eigenvalue weighted by Crippen LogP contribution is 2.22. The second-order valence-electron chi connectivity index (χ2n) is 7.31. The molecule has 0 spiro atoms. The molecule has 2 atom stereocenters. The zero-order valence-electron chi connectivity index (χ0n) is 17.7. The molecule has 1 N–H and O–H groups in total. The Morgan fingerprint density at radius 2 is 1.90 bits per heavy atom. The molecule has 0 heterocycles. The van der Waals surface area contributed by atoms with Gasteiger partial charge in [-0.3, -0.25) is 9.59 Å². The number of carbonyl (C=O) groups is 2. The highest BCUT2D eigenvalue weighted by atomic mass is 79.9. The summed E-state index contributed by atoms with van der Waals surface area (Å²) in [5, 5.41) is 2.88. The normalized spacial score (nSPS) is 12.7. The van der Waals surface area contributed by atoms with Gasteiger partial charge in [-0.25, -0.2) is 4.39 Å². The van der Waals surface area contributed by atoms with Crippen molar-refractivity contribution < 1.29 is 18.7 Å². The van der Waals surface area contributed by atoms with Crippen molar-refractivity contribution in [3.8, 4) is 5.75 Å². The van der Waals surface area contributed by atoms with Gasteiger partial charge in [0.05, 0.1) is 0 Å². The van der Waals surface area contributed by atoms with Crippen LogP contribution in [0, 0.1) is 12.7 Å². The molecule has 30 heavy (non-hydrogen) atoms. The first-order valence-electron chi connectivity index (χ1n) is 9.95. The lowest BCUT2D eigenvalue weighted by molar-refractivity contribution is -0.142. The lowest BCUT2D eigenvalue weighted by Crippen LogP contribution is -2.50. The van der Waals surface area contributed by atoms with Crippen molar-refractivity contribution in [2.24, 2.45) is 0 Å². The van der Waals surface area contributed by atoms with E-state index < -0.39 is 17.8 Å². The molecule has 2 aromatic carbocycles. The molecule has 2 aromatic rings. The molecule has 0 saturated heterocycles. The van der Waals surface area contributed by atoms with Gasteiger partial charge >= 0.3 is 0 Å². The van der Waals surface area contributed by atoms with Crippen molar-refractivity contribution in [3.05, 3.63) is 63.9 Å². The van der Waals surface area contributed by atoms with E-state index >= 15 is 0 Å². The molecule has 7 heteroatoms. The largest absolute Gasteiger partial charge is 0.484 e. The number of nitrogens with one attached hydrogen (secondary N) is 1. The molecular weight excluding hydrogens is 451 g/mol. The third-order valence-corrected chi connectivity index (χ3v) is 5.85. The van der Waals surface area contributed by atoms with E-state index in [4.69, 9.17) is 4.74 Å². The second kappa shape index (κ2) is 11.1. The Hall–Kier alpha value is -2.41. The number of benzene rings is 2. The molecule has 0 aliphatic carbocycles. The van der Waals surface area contributed by atoms with Gasteiger partial charge in [0.1, 0.15) is 17.6 Å². The minimum absolute atomic E-state index is 0.0210. The van der Waals surface area contributed by atoms with Gasteiger partial charge in [-0.05, 0) is 57.0 Å². The van der Waals surface area contributed by atoms with E-state index in [1.807, 2.05) is 32.9 Å². The molecular formula is C23H28BrFN2O3. The molecule has 162 valence electrons. The SMILES string of the molecule is CC[C@H](C)NC(=O)[C@@H](C)N(Cc1ccccc1F)C(=O)COc1ccc(Br)c(C)c1. The molecule has 5 nitrogen and oxygen atoms in total. The van der Waals surface area contributed by atoms with E-state index in [0.29, 0.717) is 11.3 Å². The summed E-state index contributed by atoms with van der Waals surface area (Å²) in [5.74, 6) is -0.556. The number of hydrogen-bond donors (Lipinski definition) is 1. The quantitative estimate of drug-likeness (QED) is 0.572. The van der Waals surface area contributed by atoms with Crippen molar-refractivity contribution >= 4 is 27.7 Å². The van der Waals surface area contributed by atoms with Gasteiger partial charge in [-0.2, -0.15) is 0 Å². The smallest absolute Gasteiger partial charge is 0.261 e. The van der Waals surface area contributed by atoms with Crippen molar-refractivity contribution in [1.82, 2.24) is 10.2 Å². The van der Waals surface area contributed by atoms with E-state index in [0.717, 1.165) is 16.5 Å². The summed E-state index contributed by atoms with van der Waals surface area (Å²) >= 11 is 3.43. The molecule has 2 rings (SSSR count). The molecule has 0 radical (unpaired) electrons. The summed E-state index contributed by atoms with van der Waals surface area (Å²) in [5.41, 5.74) is 1.32. The third-order valence-electron chi connectivity index (χ3n) is 4.96. The first-order valence-corrected chi connectivity index (χ1v) is 10.7. The maximum atomic E-state index is 14.2. The van der Waals surface area contributed by atoms with E-state index in [-0.39, 0.29) is 25.1 Å². The van der Waals surface area contributed by atoms with E-state index in [9.17, 15) is 14.0 Å². The van der Waals surface area contributed by atoms with Gasteiger partial charge in [0.25, 0.3) is 5.91 Å². The van der Waals surface area contributed by atoms with Crippen LogP contribution in [0.4, 0.5) is 4.39 Å². The number of aryl methyl sites for hydroxylation is 1. The van der Waals surface area contributed by atoms with Crippen molar-refractivity contribution in [2.75, 3.05) is 6.61 Å². The number of carbonyl (C=O) groups excluding carboxylic acids is 2. The van der Waals surface area contributed by atoms with Crippen LogP contribution in [0.3, 0.4) is 0 Å². The summed E-state index contributed by atoms with van der Waals surface area (Å²) < 4.78 is 20.8. The Morgan fingerprint density at radius 1 is 1.20 bits per heavy atom. The monoisotopic (exact) mass is 478 g/mol. The lowest BCUT2D eigenvalue weighted by atomic mass is 10.1. The Labute approximate surface area is 185 Å². The van der Waals surface area contributed by atoms with Crippen LogP contribution in [0.1, 0.15) is 38.3 Å².